The Morgan fingerprint density at radius 1 is 1.33 bits per heavy atom. The van der Waals surface area contributed by atoms with Gasteiger partial charge in [0.05, 0.1) is 24.7 Å². The SMILES string of the molecule is CCOc1cc(/C=C2\SC(=O)N(CC(=O)N3CCOCC3)C2=O)ccc1O. The van der Waals surface area contributed by atoms with Crippen LogP contribution in [0.15, 0.2) is 23.1 Å². The lowest BCUT2D eigenvalue weighted by atomic mass is 10.2. The van der Waals surface area contributed by atoms with Crippen LogP contribution in [-0.2, 0) is 14.3 Å². The van der Waals surface area contributed by atoms with Gasteiger partial charge < -0.3 is 19.5 Å². The number of rotatable bonds is 5. The third-order valence-electron chi connectivity index (χ3n) is 4.11. The molecule has 2 saturated heterocycles. The molecule has 27 heavy (non-hydrogen) atoms. The fourth-order valence-electron chi connectivity index (χ4n) is 2.73. The molecule has 144 valence electrons. The molecule has 0 aliphatic carbocycles. The zero-order valence-corrected chi connectivity index (χ0v) is 15.7. The fraction of sp³-hybridized carbons (Fsp3) is 0.389. The molecule has 0 atom stereocenters. The van der Waals surface area contributed by atoms with E-state index in [4.69, 9.17) is 9.47 Å². The van der Waals surface area contributed by atoms with Crippen LogP contribution in [0.1, 0.15) is 12.5 Å². The Kier molecular flexibility index (Phi) is 6.02. The standard InChI is InChI=1S/C18H20N2O6S/c1-2-26-14-9-12(3-4-13(14)21)10-15-17(23)20(18(24)27-15)11-16(22)19-5-7-25-8-6-19/h3-4,9-10,21H,2,5-8,11H2,1H3/b15-10-. The quantitative estimate of drug-likeness (QED) is 0.762. The zero-order valence-electron chi connectivity index (χ0n) is 14.8. The second kappa shape index (κ2) is 8.45. The number of benzene rings is 1. The summed E-state index contributed by atoms with van der Waals surface area (Å²) >= 11 is 0.788. The molecule has 0 radical (unpaired) electrons. The van der Waals surface area contributed by atoms with Gasteiger partial charge in [-0.2, -0.15) is 0 Å². The van der Waals surface area contributed by atoms with Gasteiger partial charge in [0.15, 0.2) is 11.5 Å². The number of carbonyl (C=O) groups excluding carboxylic acids is 3. The van der Waals surface area contributed by atoms with Crippen molar-refractivity contribution in [2.75, 3.05) is 39.5 Å². The Balaban J connectivity index is 1.72. The maximum atomic E-state index is 12.6. The van der Waals surface area contributed by atoms with E-state index >= 15 is 0 Å². The highest BCUT2D eigenvalue weighted by molar-refractivity contribution is 8.18. The van der Waals surface area contributed by atoms with Crippen LogP contribution in [0.25, 0.3) is 6.08 Å². The van der Waals surface area contributed by atoms with Crippen molar-refractivity contribution in [1.82, 2.24) is 9.80 Å². The first kappa shape index (κ1) is 19.2. The van der Waals surface area contributed by atoms with Crippen LogP contribution in [0, 0.1) is 0 Å². The molecule has 2 aliphatic heterocycles. The van der Waals surface area contributed by atoms with E-state index in [9.17, 15) is 19.5 Å². The maximum Gasteiger partial charge on any atom is 0.294 e. The summed E-state index contributed by atoms with van der Waals surface area (Å²) < 4.78 is 10.5. The molecule has 2 aliphatic rings. The molecule has 0 saturated carbocycles. The number of phenols is 1. The van der Waals surface area contributed by atoms with Crippen molar-refractivity contribution in [1.29, 1.82) is 0 Å². The van der Waals surface area contributed by atoms with Crippen molar-refractivity contribution in [3.8, 4) is 11.5 Å². The normalized spacial score (nSPS) is 19.1. The first-order valence-corrected chi connectivity index (χ1v) is 9.38. The summed E-state index contributed by atoms with van der Waals surface area (Å²) in [5, 5.41) is 9.28. The molecule has 3 rings (SSSR count). The molecule has 0 spiro atoms. The van der Waals surface area contributed by atoms with Crippen molar-refractivity contribution >= 4 is 34.9 Å². The van der Waals surface area contributed by atoms with Crippen LogP contribution in [-0.4, -0.2) is 71.4 Å². The smallest absolute Gasteiger partial charge is 0.294 e. The van der Waals surface area contributed by atoms with Crippen LogP contribution >= 0.6 is 11.8 Å². The number of ether oxygens (including phenoxy) is 2. The van der Waals surface area contributed by atoms with Crippen LogP contribution < -0.4 is 4.74 Å². The van der Waals surface area contributed by atoms with Gasteiger partial charge in [0, 0.05) is 13.1 Å². The number of hydrogen-bond donors (Lipinski definition) is 1. The molecule has 2 fully saturated rings. The van der Waals surface area contributed by atoms with Gasteiger partial charge in [0.2, 0.25) is 5.91 Å². The van der Waals surface area contributed by atoms with Gasteiger partial charge >= 0.3 is 0 Å². The van der Waals surface area contributed by atoms with Crippen LogP contribution in [0.5, 0.6) is 11.5 Å². The van der Waals surface area contributed by atoms with Gasteiger partial charge in [-0.3, -0.25) is 19.3 Å². The summed E-state index contributed by atoms with van der Waals surface area (Å²) in [7, 11) is 0. The van der Waals surface area contributed by atoms with Crippen LogP contribution in [0.2, 0.25) is 0 Å². The number of nitrogens with zero attached hydrogens (tertiary/aromatic N) is 2. The van der Waals surface area contributed by atoms with E-state index in [2.05, 4.69) is 0 Å². The number of phenolic OH excluding ortho intramolecular Hbond substituents is 1. The molecule has 2 heterocycles. The first-order valence-electron chi connectivity index (χ1n) is 8.56. The van der Waals surface area contributed by atoms with Crippen molar-refractivity contribution in [3.63, 3.8) is 0 Å². The Morgan fingerprint density at radius 3 is 2.78 bits per heavy atom. The van der Waals surface area contributed by atoms with Gasteiger partial charge in [-0.05, 0) is 42.5 Å². The Labute approximate surface area is 160 Å². The maximum absolute atomic E-state index is 12.6. The number of morpholine rings is 1. The van der Waals surface area contributed by atoms with Gasteiger partial charge in [-0.25, -0.2) is 0 Å². The number of hydrogen-bond acceptors (Lipinski definition) is 7. The largest absolute Gasteiger partial charge is 0.504 e. The summed E-state index contributed by atoms with van der Waals surface area (Å²) in [6, 6.07) is 4.67. The van der Waals surface area contributed by atoms with E-state index in [1.54, 1.807) is 30.0 Å². The second-order valence-corrected chi connectivity index (χ2v) is 6.91. The summed E-state index contributed by atoms with van der Waals surface area (Å²) in [6.07, 6.45) is 1.55. The van der Waals surface area contributed by atoms with Crippen LogP contribution in [0.3, 0.4) is 0 Å². The van der Waals surface area contributed by atoms with E-state index in [1.807, 2.05) is 0 Å². The second-order valence-electron chi connectivity index (χ2n) is 5.92. The molecule has 0 bridgehead atoms. The zero-order chi connectivity index (χ0) is 19.4. The molecule has 1 aromatic carbocycles. The van der Waals surface area contributed by atoms with Crippen molar-refractivity contribution in [2.24, 2.45) is 0 Å². The Bertz CT molecular complexity index is 788. The summed E-state index contributed by atoms with van der Waals surface area (Å²) in [5.41, 5.74) is 0.612. The monoisotopic (exact) mass is 392 g/mol. The van der Waals surface area contributed by atoms with Crippen molar-refractivity contribution in [2.45, 2.75) is 6.92 Å². The average molecular weight is 392 g/mol. The number of thioether (sulfide) groups is 1. The lowest BCUT2D eigenvalue weighted by Crippen LogP contribution is -2.46. The summed E-state index contributed by atoms with van der Waals surface area (Å²) in [6.45, 7) is 3.73. The van der Waals surface area contributed by atoms with Crippen molar-refractivity contribution < 1.29 is 29.0 Å². The predicted octanol–water partition coefficient (Wildman–Crippen LogP) is 1.69. The van der Waals surface area contributed by atoms with E-state index in [1.165, 1.54) is 6.07 Å². The van der Waals surface area contributed by atoms with E-state index in [0.29, 0.717) is 44.2 Å². The highest BCUT2D eigenvalue weighted by Gasteiger charge is 2.37. The van der Waals surface area contributed by atoms with E-state index in [-0.39, 0.29) is 23.1 Å². The van der Waals surface area contributed by atoms with Gasteiger partial charge in [0.25, 0.3) is 11.1 Å². The lowest BCUT2D eigenvalue weighted by molar-refractivity contribution is -0.139. The molecule has 1 N–H and O–H groups in total. The number of imide groups is 1. The molecule has 0 aromatic heterocycles. The first-order chi connectivity index (χ1) is 13.0. The third kappa shape index (κ3) is 4.42. The van der Waals surface area contributed by atoms with Crippen molar-refractivity contribution in [3.05, 3.63) is 28.7 Å². The predicted molar refractivity (Wildman–Crippen MR) is 99.4 cm³/mol. The highest BCUT2D eigenvalue weighted by Crippen LogP contribution is 2.34. The molecule has 9 heteroatoms. The van der Waals surface area contributed by atoms with Gasteiger partial charge in [0.1, 0.15) is 6.54 Å². The lowest BCUT2D eigenvalue weighted by Gasteiger charge is -2.28. The number of amides is 3. The molecule has 0 unspecified atom stereocenters. The molecule has 8 nitrogen and oxygen atoms in total. The Hall–Kier alpha value is -2.52. The minimum absolute atomic E-state index is 0.00166. The molecule has 1 aromatic rings. The minimum atomic E-state index is -0.502. The minimum Gasteiger partial charge on any atom is -0.504 e. The summed E-state index contributed by atoms with van der Waals surface area (Å²) in [5.74, 6) is -0.478. The number of aromatic hydroxyl groups is 1. The van der Waals surface area contributed by atoms with E-state index < -0.39 is 11.1 Å². The molecular formula is C18H20N2O6S. The van der Waals surface area contributed by atoms with Gasteiger partial charge in [-0.1, -0.05) is 6.07 Å². The topological polar surface area (TPSA) is 96.4 Å². The fourth-order valence-corrected chi connectivity index (χ4v) is 3.57. The average Bonchev–Trinajstić information content (AvgIpc) is 2.92. The number of carbonyl (C=O) groups is 3. The molecule has 3 amide bonds. The summed E-state index contributed by atoms with van der Waals surface area (Å²) in [4.78, 5) is 39.8. The highest BCUT2D eigenvalue weighted by atomic mass is 32.2. The van der Waals surface area contributed by atoms with E-state index in [0.717, 1.165) is 16.7 Å². The molecular weight excluding hydrogens is 372 g/mol. The van der Waals surface area contributed by atoms with Crippen LogP contribution in [0.4, 0.5) is 4.79 Å². The Morgan fingerprint density at radius 2 is 2.07 bits per heavy atom. The third-order valence-corrected chi connectivity index (χ3v) is 5.02. The van der Waals surface area contributed by atoms with Gasteiger partial charge in [-0.15, -0.1) is 0 Å².